The number of benzene rings is 1. The molecule has 1 heterocycles. The van der Waals surface area contributed by atoms with Crippen LogP contribution in [0, 0.1) is 0 Å². The molecule has 0 aliphatic heterocycles. The maximum atomic E-state index is 11.9. The molecule has 1 amide bonds. The lowest BCUT2D eigenvalue weighted by molar-refractivity contribution is -0.130. The Morgan fingerprint density at radius 2 is 2.16 bits per heavy atom. The van der Waals surface area contributed by atoms with Crippen molar-refractivity contribution in [3.05, 3.63) is 36.1 Å². The van der Waals surface area contributed by atoms with Gasteiger partial charge in [-0.15, -0.1) is 0 Å². The molecule has 1 aromatic heterocycles. The molecule has 4 heteroatoms. The third-order valence-electron chi connectivity index (χ3n) is 3.11. The van der Waals surface area contributed by atoms with Gasteiger partial charge < -0.3 is 15.1 Å². The molecule has 0 fully saturated rings. The summed E-state index contributed by atoms with van der Waals surface area (Å²) >= 11 is 0. The second-order valence-electron chi connectivity index (χ2n) is 5.02. The Bertz CT molecular complexity index is 527. The zero-order chi connectivity index (χ0) is 13.8. The largest absolute Gasteiger partial charge is 0.459 e. The lowest BCUT2D eigenvalue weighted by atomic mass is 10.2. The molecule has 2 N–H and O–H groups in total. The average molecular weight is 260 g/mol. The van der Waals surface area contributed by atoms with Gasteiger partial charge in [-0.2, -0.15) is 0 Å². The van der Waals surface area contributed by atoms with E-state index < -0.39 is 0 Å². The predicted octanol–water partition coefficient (Wildman–Crippen LogP) is 2.52. The maximum Gasteiger partial charge on any atom is 0.222 e. The van der Waals surface area contributed by atoms with E-state index in [1.807, 2.05) is 37.3 Å². The van der Waals surface area contributed by atoms with Gasteiger partial charge in [0, 0.05) is 24.9 Å². The number of carbonyl (C=O) groups is 1. The summed E-state index contributed by atoms with van der Waals surface area (Å²) in [5.41, 5.74) is 6.51. The molecular formula is C15H20N2O2. The molecule has 1 unspecified atom stereocenters. The Labute approximate surface area is 113 Å². The van der Waals surface area contributed by atoms with E-state index in [0.717, 1.165) is 16.7 Å². The molecule has 0 saturated carbocycles. The summed E-state index contributed by atoms with van der Waals surface area (Å²) in [5, 5.41) is 1.06. The van der Waals surface area contributed by atoms with Crippen LogP contribution < -0.4 is 5.73 Å². The number of hydrogen-bond acceptors (Lipinski definition) is 3. The van der Waals surface area contributed by atoms with Crippen molar-refractivity contribution in [1.29, 1.82) is 0 Å². The zero-order valence-corrected chi connectivity index (χ0v) is 11.4. The van der Waals surface area contributed by atoms with Crippen molar-refractivity contribution < 1.29 is 9.21 Å². The molecule has 0 spiro atoms. The van der Waals surface area contributed by atoms with E-state index in [0.29, 0.717) is 19.4 Å². The number of nitrogens with two attached hydrogens (primary N) is 1. The quantitative estimate of drug-likeness (QED) is 0.898. The van der Waals surface area contributed by atoms with Crippen molar-refractivity contribution in [2.24, 2.45) is 5.73 Å². The highest BCUT2D eigenvalue weighted by Crippen LogP contribution is 2.19. The Kier molecular flexibility index (Phi) is 4.22. The predicted molar refractivity (Wildman–Crippen MR) is 75.6 cm³/mol. The molecule has 0 radical (unpaired) electrons. The lowest BCUT2D eigenvalue weighted by Crippen LogP contribution is -2.27. The Balaban J connectivity index is 1.98. The van der Waals surface area contributed by atoms with Crippen LogP contribution >= 0.6 is 0 Å². The fraction of sp³-hybridized carbons (Fsp3) is 0.400. The Morgan fingerprint density at radius 3 is 2.84 bits per heavy atom. The van der Waals surface area contributed by atoms with Gasteiger partial charge in [0.2, 0.25) is 5.91 Å². The lowest BCUT2D eigenvalue weighted by Gasteiger charge is -2.16. The third kappa shape index (κ3) is 3.58. The molecule has 2 aromatic rings. The van der Waals surface area contributed by atoms with Crippen molar-refractivity contribution >= 4 is 16.9 Å². The molecular weight excluding hydrogens is 240 g/mol. The summed E-state index contributed by atoms with van der Waals surface area (Å²) in [4.78, 5) is 13.6. The third-order valence-corrected chi connectivity index (χ3v) is 3.11. The summed E-state index contributed by atoms with van der Waals surface area (Å²) in [7, 11) is 1.79. The van der Waals surface area contributed by atoms with E-state index in [2.05, 4.69) is 0 Å². The van der Waals surface area contributed by atoms with Gasteiger partial charge in [-0.1, -0.05) is 18.2 Å². The first-order valence-corrected chi connectivity index (χ1v) is 6.53. The zero-order valence-electron chi connectivity index (χ0n) is 11.4. The number of hydrogen-bond donors (Lipinski definition) is 1. The minimum atomic E-state index is 0.0588. The summed E-state index contributed by atoms with van der Waals surface area (Å²) < 4.78 is 5.70. The highest BCUT2D eigenvalue weighted by Gasteiger charge is 2.12. The van der Waals surface area contributed by atoms with Crippen LogP contribution in [0.4, 0.5) is 0 Å². The first kappa shape index (κ1) is 13.6. The van der Waals surface area contributed by atoms with E-state index in [9.17, 15) is 4.79 Å². The van der Waals surface area contributed by atoms with Crippen LogP contribution in [0.2, 0.25) is 0 Å². The van der Waals surface area contributed by atoms with Crippen molar-refractivity contribution in [3.63, 3.8) is 0 Å². The van der Waals surface area contributed by atoms with E-state index in [1.165, 1.54) is 0 Å². The van der Waals surface area contributed by atoms with Crippen LogP contribution in [-0.2, 0) is 11.3 Å². The summed E-state index contributed by atoms with van der Waals surface area (Å²) in [6.07, 6.45) is 1.19. The summed E-state index contributed by atoms with van der Waals surface area (Å²) in [5.74, 6) is 0.899. The van der Waals surface area contributed by atoms with Crippen molar-refractivity contribution in [2.45, 2.75) is 32.4 Å². The van der Waals surface area contributed by atoms with Gasteiger partial charge in [0.25, 0.3) is 0 Å². The smallest absolute Gasteiger partial charge is 0.222 e. The molecule has 4 nitrogen and oxygen atoms in total. The fourth-order valence-corrected chi connectivity index (χ4v) is 1.98. The van der Waals surface area contributed by atoms with E-state index >= 15 is 0 Å². The average Bonchev–Trinajstić information content (AvgIpc) is 2.77. The molecule has 0 aliphatic rings. The monoisotopic (exact) mass is 260 g/mol. The number of nitrogens with zero attached hydrogens (tertiary/aromatic N) is 1. The SMILES string of the molecule is CC(N)CCC(=O)N(C)Cc1cc2ccccc2o1. The first-order valence-electron chi connectivity index (χ1n) is 6.53. The normalized spacial score (nSPS) is 12.6. The summed E-state index contributed by atoms with van der Waals surface area (Å²) in [6, 6.07) is 9.87. The van der Waals surface area contributed by atoms with Crippen molar-refractivity contribution in [1.82, 2.24) is 4.90 Å². The molecule has 1 aromatic carbocycles. The van der Waals surface area contributed by atoms with Gasteiger partial charge >= 0.3 is 0 Å². The molecule has 102 valence electrons. The number of para-hydroxylation sites is 1. The standard InChI is InChI=1S/C15H20N2O2/c1-11(16)7-8-15(18)17(2)10-13-9-12-5-3-4-6-14(12)19-13/h3-6,9,11H,7-8,10,16H2,1-2H3. The van der Waals surface area contributed by atoms with E-state index in [-0.39, 0.29) is 11.9 Å². The molecule has 1 atom stereocenters. The van der Waals surface area contributed by atoms with E-state index in [4.69, 9.17) is 10.2 Å². The van der Waals surface area contributed by atoms with Gasteiger partial charge in [0.05, 0.1) is 6.54 Å². The van der Waals surface area contributed by atoms with Gasteiger partial charge in [-0.05, 0) is 25.5 Å². The molecule has 0 aliphatic carbocycles. The number of fused-ring (bicyclic) bond motifs is 1. The van der Waals surface area contributed by atoms with Crippen LogP contribution in [0.1, 0.15) is 25.5 Å². The van der Waals surface area contributed by atoms with Gasteiger partial charge in [0.1, 0.15) is 11.3 Å². The Hall–Kier alpha value is -1.81. The highest BCUT2D eigenvalue weighted by molar-refractivity contribution is 5.78. The van der Waals surface area contributed by atoms with Crippen LogP contribution in [0.15, 0.2) is 34.7 Å². The van der Waals surface area contributed by atoms with Gasteiger partial charge in [0.15, 0.2) is 0 Å². The molecule has 2 rings (SSSR count). The second kappa shape index (κ2) is 5.89. The van der Waals surface area contributed by atoms with Crippen molar-refractivity contribution in [2.75, 3.05) is 7.05 Å². The topological polar surface area (TPSA) is 59.5 Å². The molecule has 0 bridgehead atoms. The van der Waals surface area contributed by atoms with Crippen LogP contribution in [-0.4, -0.2) is 23.9 Å². The number of furan rings is 1. The number of carbonyl (C=O) groups excluding carboxylic acids is 1. The fourth-order valence-electron chi connectivity index (χ4n) is 1.98. The van der Waals surface area contributed by atoms with Gasteiger partial charge in [-0.3, -0.25) is 4.79 Å². The van der Waals surface area contributed by atoms with Gasteiger partial charge in [-0.25, -0.2) is 0 Å². The molecule has 0 saturated heterocycles. The summed E-state index contributed by atoms with van der Waals surface area (Å²) in [6.45, 7) is 2.40. The van der Waals surface area contributed by atoms with Crippen LogP contribution in [0.5, 0.6) is 0 Å². The first-order chi connectivity index (χ1) is 9.06. The van der Waals surface area contributed by atoms with Crippen molar-refractivity contribution in [3.8, 4) is 0 Å². The number of rotatable bonds is 5. The molecule has 19 heavy (non-hydrogen) atoms. The Morgan fingerprint density at radius 1 is 1.42 bits per heavy atom. The minimum Gasteiger partial charge on any atom is -0.459 e. The second-order valence-corrected chi connectivity index (χ2v) is 5.02. The van der Waals surface area contributed by atoms with Crippen LogP contribution in [0.3, 0.4) is 0 Å². The van der Waals surface area contributed by atoms with Crippen LogP contribution in [0.25, 0.3) is 11.0 Å². The van der Waals surface area contributed by atoms with E-state index in [1.54, 1.807) is 11.9 Å². The highest BCUT2D eigenvalue weighted by atomic mass is 16.3. The maximum absolute atomic E-state index is 11.9. The minimum absolute atomic E-state index is 0.0588. The number of amides is 1.